The van der Waals surface area contributed by atoms with Gasteiger partial charge in [-0.1, -0.05) is 47.5 Å². The zero-order valence-corrected chi connectivity index (χ0v) is 22.6. The Hall–Kier alpha value is -2.53. The van der Waals surface area contributed by atoms with Crippen LogP contribution in [0.2, 0.25) is 10.0 Å². The first-order chi connectivity index (χ1) is 16.8. The smallest absolute Gasteiger partial charge is 0.345 e. The topological polar surface area (TPSA) is 72.9 Å². The molecule has 0 atom stereocenters. The number of nitrogens with zero attached hydrogens (tertiary/aromatic N) is 1. The lowest BCUT2D eigenvalue weighted by atomic mass is 10.1. The number of ether oxygens (including phenoxy) is 2. The van der Waals surface area contributed by atoms with E-state index in [1.54, 1.807) is 18.2 Å². The van der Waals surface area contributed by atoms with E-state index in [-0.39, 0.29) is 38.8 Å². The lowest BCUT2D eigenvalue weighted by Crippen LogP contribution is -2.27. The third kappa shape index (κ3) is 5.83. The van der Waals surface area contributed by atoms with E-state index in [0.717, 1.165) is 20.9 Å². The van der Waals surface area contributed by atoms with Crippen LogP contribution in [0.1, 0.15) is 21.5 Å². The van der Waals surface area contributed by atoms with Crippen molar-refractivity contribution in [1.82, 2.24) is 4.90 Å². The van der Waals surface area contributed by atoms with Crippen molar-refractivity contribution in [2.45, 2.75) is 6.54 Å². The Morgan fingerprint density at radius 3 is 2.51 bits per heavy atom. The van der Waals surface area contributed by atoms with Crippen molar-refractivity contribution in [2.75, 3.05) is 7.11 Å². The van der Waals surface area contributed by atoms with E-state index < -0.39 is 11.9 Å². The summed E-state index contributed by atoms with van der Waals surface area (Å²) in [5.74, 6) is -0.789. The molecule has 0 unspecified atom stereocenters. The van der Waals surface area contributed by atoms with Crippen molar-refractivity contribution in [3.8, 4) is 11.5 Å². The number of methoxy groups -OCH3 is 1. The minimum absolute atomic E-state index is 0.0930. The average Bonchev–Trinajstić information content (AvgIpc) is 3.08. The molecule has 35 heavy (non-hydrogen) atoms. The molecule has 3 aromatic carbocycles. The number of imide groups is 1. The molecule has 0 aromatic heterocycles. The van der Waals surface area contributed by atoms with Crippen LogP contribution in [0.3, 0.4) is 0 Å². The molecule has 4 rings (SSSR count). The number of rotatable bonds is 6. The predicted octanol–water partition coefficient (Wildman–Crippen LogP) is 7.06. The van der Waals surface area contributed by atoms with Crippen LogP contribution in [0.4, 0.5) is 4.79 Å². The standard InChI is InChI=1S/C25H16Cl2INO5S/c1-33-20-4-2-3-15(22(20)34-24(31)18-10-7-16(26)12-19(18)27)11-21-23(30)29(25(32)35-21)13-14-5-8-17(28)9-6-14/h2-12H,13H2,1H3/b21-11-. The fourth-order valence-corrected chi connectivity index (χ4v) is 4.94. The van der Waals surface area contributed by atoms with Gasteiger partial charge in [0.1, 0.15) is 0 Å². The van der Waals surface area contributed by atoms with Crippen LogP contribution < -0.4 is 9.47 Å². The van der Waals surface area contributed by atoms with Crippen LogP contribution in [0.5, 0.6) is 11.5 Å². The molecule has 1 saturated heterocycles. The predicted molar refractivity (Wildman–Crippen MR) is 145 cm³/mol. The van der Waals surface area contributed by atoms with Crippen molar-refractivity contribution >= 4 is 80.7 Å². The van der Waals surface area contributed by atoms with Gasteiger partial charge in [0.05, 0.1) is 29.1 Å². The summed E-state index contributed by atoms with van der Waals surface area (Å²) in [6.07, 6.45) is 1.51. The summed E-state index contributed by atoms with van der Waals surface area (Å²) in [7, 11) is 1.43. The van der Waals surface area contributed by atoms with Crippen LogP contribution in [0.25, 0.3) is 6.08 Å². The fraction of sp³-hybridized carbons (Fsp3) is 0.0800. The Morgan fingerprint density at radius 2 is 1.83 bits per heavy atom. The van der Waals surface area contributed by atoms with E-state index in [1.807, 2.05) is 24.3 Å². The highest BCUT2D eigenvalue weighted by molar-refractivity contribution is 14.1. The lowest BCUT2D eigenvalue weighted by molar-refractivity contribution is -0.123. The first-order valence-corrected chi connectivity index (χ1v) is 12.8. The molecule has 2 amide bonds. The molecule has 1 aliphatic heterocycles. The molecule has 1 aliphatic rings. The van der Waals surface area contributed by atoms with Gasteiger partial charge < -0.3 is 9.47 Å². The van der Waals surface area contributed by atoms with Gasteiger partial charge in [-0.2, -0.15) is 0 Å². The monoisotopic (exact) mass is 639 g/mol. The van der Waals surface area contributed by atoms with Crippen molar-refractivity contribution in [3.05, 3.63) is 95.9 Å². The second-order valence-corrected chi connectivity index (χ2v) is 10.4. The van der Waals surface area contributed by atoms with Gasteiger partial charge in [-0.25, -0.2) is 4.79 Å². The summed E-state index contributed by atoms with van der Waals surface area (Å²) in [6, 6.07) is 16.9. The third-order valence-electron chi connectivity index (χ3n) is 4.99. The summed E-state index contributed by atoms with van der Waals surface area (Å²) in [5.41, 5.74) is 1.35. The summed E-state index contributed by atoms with van der Waals surface area (Å²) >= 11 is 15.1. The maximum atomic E-state index is 13.0. The largest absolute Gasteiger partial charge is 0.493 e. The van der Waals surface area contributed by atoms with Crippen molar-refractivity contribution < 1.29 is 23.9 Å². The van der Waals surface area contributed by atoms with Crippen molar-refractivity contribution in [3.63, 3.8) is 0 Å². The van der Waals surface area contributed by atoms with E-state index in [1.165, 1.54) is 36.3 Å². The number of carbonyl (C=O) groups excluding carboxylic acids is 3. The summed E-state index contributed by atoms with van der Waals surface area (Å²) in [4.78, 5) is 39.8. The molecule has 0 aliphatic carbocycles. The maximum Gasteiger partial charge on any atom is 0.345 e. The number of hydrogen-bond donors (Lipinski definition) is 0. The zero-order chi connectivity index (χ0) is 25.1. The molecule has 0 radical (unpaired) electrons. The van der Waals surface area contributed by atoms with Gasteiger partial charge in [0, 0.05) is 14.2 Å². The Balaban J connectivity index is 1.63. The number of carbonyl (C=O) groups is 3. The van der Waals surface area contributed by atoms with Crippen LogP contribution in [0.15, 0.2) is 65.6 Å². The molecule has 0 spiro atoms. The van der Waals surface area contributed by atoms with Crippen LogP contribution in [0, 0.1) is 3.57 Å². The third-order valence-corrected chi connectivity index (χ3v) is 7.16. The Kier molecular flexibility index (Phi) is 8.05. The first-order valence-electron chi connectivity index (χ1n) is 10.1. The van der Waals surface area contributed by atoms with E-state index in [2.05, 4.69) is 22.6 Å². The molecule has 6 nitrogen and oxygen atoms in total. The number of benzene rings is 3. The van der Waals surface area contributed by atoms with Crippen molar-refractivity contribution in [1.29, 1.82) is 0 Å². The molecule has 3 aromatic rings. The van der Waals surface area contributed by atoms with E-state index in [0.29, 0.717) is 10.6 Å². The quantitative estimate of drug-likeness (QED) is 0.124. The Bertz CT molecular complexity index is 1360. The fourth-order valence-electron chi connectivity index (χ4n) is 3.27. The van der Waals surface area contributed by atoms with Gasteiger partial charge in [-0.05, 0) is 82.4 Å². The van der Waals surface area contributed by atoms with E-state index in [4.69, 9.17) is 32.7 Å². The molecule has 1 fully saturated rings. The molecular weight excluding hydrogens is 624 g/mol. The molecule has 0 N–H and O–H groups in total. The molecule has 1 heterocycles. The molecule has 178 valence electrons. The number of hydrogen-bond acceptors (Lipinski definition) is 6. The number of halogens is 3. The lowest BCUT2D eigenvalue weighted by Gasteiger charge is -2.13. The minimum Gasteiger partial charge on any atom is -0.493 e. The van der Waals surface area contributed by atoms with Crippen LogP contribution in [-0.4, -0.2) is 29.1 Å². The Labute approximate surface area is 229 Å². The highest BCUT2D eigenvalue weighted by Crippen LogP contribution is 2.38. The summed E-state index contributed by atoms with van der Waals surface area (Å²) in [5, 5.41) is 0.135. The van der Waals surface area contributed by atoms with Crippen LogP contribution in [-0.2, 0) is 11.3 Å². The highest BCUT2D eigenvalue weighted by Gasteiger charge is 2.35. The van der Waals surface area contributed by atoms with Gasteiger partial charge in [-0.15, -0.1) is 0 Å². The summed E-state index contributed by atoms with van der Waals surface area (Å²) < 4.78 is 12.0. The number of thioether (sulfide) groups is 1. The van der Waals surface area contributed by atoms with Crippen molar-refractivity contribution in [2.24, 2.45) is 0 Å². The van der Waals surface area contributed by atoms with Gasteiger partial charge in [0.25, 0.3) is 11.1 Å². The highest BCUT2D eigenvalue weighted by atomic mass is 127. The van der Waals surface area contributed by atoms with Gasteiger partial charge in [-0.3, -0.25) is 14.5 Å². The maximum absolute atomic E-state index is 13.0. The first kappa shape index (κ1) is 25.6. The number of esters is 1. The SMILES string of the molecule is COc1cccc(/C=C2\SC(=O)N(Cc3ccc(I)cc3)C2=O)c1OC(=O)c1ccc(Cl)cc1Cl. The van der Waals surface area contributed by atoms with Gasteiger partial charge >= 0.3 is 5.97 Å². The molecule has 0 bridgehead atoms. The molecular formula is C25H16Cl2INO5S. The average molecular weight is 640 g/mol. The molecule has 0 saturated carbocycles. The normalized spacial score (nSPS) is 14.5. The van der Waals surface area contributed by atoms with Crippen LogP contribution >= 0.6 is 57.6 Å². The second-order valence-electron chi connectivity index (χ2n) is 7.29. The van der Waals surface area contributed by atoms with Gasteiger partial charge in [0.15, 0.2) is 11.5 Å². The molecule has 10 heteroatoms. The second kappa shape index (κ2) is 11.0. The zero-order valence-electron chi connectivity index (χ0n) is 18.1. The number of amides is 2. The summed E-state index contributed by atoms with van der Waals surface area (Å²) in [6.45, 7) is 0.161. The van der Waals surface area contributed by atoms with Gasteiger partial charge in [0.2, 0.25) is 0 Å². The van der Waals surface area contributed by atoms with E-state index in [9.17, 15) is 14.4 Å². The Morgan fingerprint density at radius 1 is 1.09 bits per heavy atom. The van der Waals surface area contributed by atoms with E-state index >= 15 is 0 Å². The minimum atomic E-state index is -0.724. The number of para-hydroxylation sites is 1.